The maximum atomic E-state index is 13.1. The molecule has 0 spiro atoms. The van der Waals surface area contributed by atoms with Gasteiger partial charge in [-0.15, -0.1) is 0 Å². The molecule has 0 aliphatic rings. The number of rotatable bonds is 3. The van der Waals surface area contributed by atoms with Crippen molar-refractivity contribution in [1.29, 1.82) is 0 Å². The number of hydrogen-bond donors (Lipinski definition) is 0. The highest BCUT2D eigenvalue weighted by Gasteiger charge is 2.15. The van der Waals surface area contributed by atoms with Gasteiger partial charge in [0, 0.05) is 5.56 Å². The van der Waals surface area contributed by atoms with Crippen LogP contribution in [0.15, 0.2) is 18.2 Å². The Morgan fingerprint density at radius 1 is 1.21 bits per heavy atom. The zero-order chi connectivity index (χ0) is 10.7. The highest BCUT2D eigenvalue weighted by molar-refractivity contribution is 5.36. The third-order valence-electron chi connectivity index (χ3n) is 2.68. The molecule has 0 aliphatic carbocycles. The number of ether oxygens (including phenoxy) is 1. The van der Waals surface area contributed by atoms with Crippen molar-refractivity contribution < 1.29 is 9.13 Å². The van der Waals surface area contributed by atoms with E-state index in [1.807, 2.05) is 0 Å². The predicted molar refractivity (Wildman–Crippen MR) is 56.2 cm³/mol. The summed E-state index contributed by atoms with van der Waals surface area (Å²) in [7, 11) is 1.61. The molecule has 0 fully saturated rings. The molecule has 0 saturated heterocycles. The lowest BCUT2D eigenvalue weighted by Crippen LogP contribution is -2.04. The predicted octanol–water partition coefficient (Wildman–Crippen LogP) is 3.59. The van der Waals surface area contributed by atoms with Crippen LogP contribution in [-0.2, 0) is 0 Å². The lowest BCUT2D eigenvalue weighted by molar-refractivity contribution is 0.397. The van der Waals surface area contributed by atoms with Crippen molar-refractivity contribution in [2.75, 3.05) is 7.11 Å². The standard InChI is InChI=1S/C12H17FO/c1-8(2)9(3)11-7-10(13)5-6-12(11)14-4/h5-9H,1-4H3. The van der Waals surface area contributed by atoms with E-state index in [0.717, 1.165) is 11.3 Å². The molecule has 1 nitrogen and oxygen atoms in total. The summed E-state index contributed by atoms with van der Waals surface area (Å²) in [6, 6.07) is 4.67. The van der Waals surface area contributed by atoms with Gasteiger partial charge in [0.2, 0.25) is 0 Å². The topological polar surface area (TPSA) is 9.23 Å². The van der Waals surface area contributed by atoms with Crippen LogP contribution in [0.25, 0.3) is 0 Å². The molecule has 1 atom stereocenters. The summed E-state index contributed by atoms with van der Waals surface area (Å²) in [6.07, 6.45) is 0. The molecule has 0 N–H and O–H groups in total. The van der Waals surface area contributed by atoms with E-state index in [9.17, 15) is 4.39 Å². The fourth-order valence-electron chi connectivity index (χ4n) is 1.42. The van der Waals surface area contributed by atoms with Crippen molar-refractivity contribution in [3.63, 3.8) is 0 Å². The van der Waals surface area contributed by atoms with E-state index in [1.165, 1.54) is 6.07 Å². The molecule has 0 heterocycles. The fourth-order valence-corrected chi connectivity index (χ4v) is 1.42. The SMILES string of the molecule is COc1ccc(F)cc1C(C)C(C)C. The van der Waals surface area contributed by atoms with Crippen molar-refractivity contribution in [2.45, 2.75) is 26.7 Å². The minimum atomic E-state index is -0.201. The van der Waals surface area contributed by atoms with Gasteiger partial charge in [0.05, 0.1) is 7.11 Å². The van der Waals surface area contributed by atoms with Gasteiger partial charge in [-0.05, 0) is 30.0 Å². The monoisotopic (exact) mass is 196 g/mol. The summed E-state index contributed by atoms with van der Waals surface area (Å²) in [5.74, 6) is 1.35. The smallest absolute Gasteiger partial charge is 0.123 e. The molecule has 0 radical (unpaired) electrons. The van der Waals surface area contributed by atoms with Gasteiger partial charge >= 0.3 is 0 Å². The molecule has 1 aromatic rings. The largest absolute Gasteiger partial charge is 0.496 e. The zero-order valence-corrected chi connectivity index (χ0v) is 9.17. The normalized spacial score (nSPS) is 13.0. The first-order valence-corrected chi connectivity index (χ1v) is 4.89. The highest BCUT2D eigenvalue weighted by atomic mass is 19.1. The van der Waals surface area contributed by atoms with E-state index in [4.69, 9.17) is 4.74 Å². The van der Waals surface area contributed by atoms with Crippen LogP contribution < -0.4 is 4.74 Å². The van der Waals surface area contributed by atoms with Crippen molar-refractivity contribution in [3.05, 3.63) is 29.6 Å². The third kappa shape index (κ3) is 2.25. The van der Waals surface area contributed by atoms with Gasteiger partial charge in [-0.1, -0.05) is 20.8 Å². The Kier molecular flexibility index (Phi) is 3.50. The van der Waals surface area contributed by atoms with E-state index in [2.05, 4.69) is 20.8 Å². The van der Waals surface area contributed by atoms with Crippen molar-refractivity contribution in [3.8, 4) is 5.75 Å². The molecule has 14 heavy (non-hydrogen) atoms. The van der Waals surface area contributed by atoms with E-state index < -0.39 is 0 Å². The molecule has 78 valence electrons. The molecular formula is C12H17FO. The summed E-state index contributed by atoms with van der Waals surface area (Å²) >= 11 is 0. The molecule has 1 rings (SSSR count). The van der Waals surface area contributed by atoms with Gasteiger partial charge < -0.3 is 4.74 Å². The summed E-state index contributed by atoms with van der Waals surface area (Å²) in [6.45, 7) is 6.33. The lowest BCUT2D eigenvalue weighted by atomic mass is 9.89. The first-order chi connectivity index (χ1) is 6.56. The first-order valence-electron chi connectivity index (χ1n) is 4.89. The van der Waals surface area contributed by atoms with Crippen LogP contribution in [0.3, 0.4) is 0 Å². The van der Waals surface area contributed by atoms with Gasteiger partial charge in [-0.2, -0.15) is 0 Å². The second-order valence-corrected chi connectivity index (χ2v) is 3.92. The van der Waals surface area contributed by atoms with E-state index in [0.29, 0.717) is 11.8 Å². The second kappa shape index (κ2) is 4.45. The number of methoxy groups -OCH3 is 1. The Bertz CT molecular complexity index is 307. The number of hydrogen-bond acceptors (Lipinski definition) is 1. The highest BCUT2D eigenvalue weighted by Crippen LogP contribution is 2.31. The Morgan fingerprint density at radius 3 is 2.36 bits per heavy atom. The Balaban J connectivity index is 3.10. The average Bonchev–Trinajstić information content (AvgIpc) is 2.16. The van der Waals surface area contributed by atoms with Crippen LogP contribution in [0.2, 0.25) is 0 Å². The van der Waals surface area contributed by atoms with Gasteiger partial charge in [0.15, 0.2) is 0 Å². The maximum Gasteiger partial charge on any atom is 0.123 e. The summed E-state index contributed by atoms with van der Waals surface area (Å²) in [5.41, 5.74) is 0.947. The van der Waals surface area contributed by atoms with Crippen LogP contribution in [0.1, 0.15) is 32.3 Å². The van der Waals surface area contributed by atoms with Crippen LogP contribution in [0.4, 0.5) is 4.39 Å². The van der Waals surface area contributed by atoms with E-state index in [-0.39, 0.29) is 5.82 Å². The van der Waals surface area contributed by atoms with Gasteiger partial charge in [-0.25, -0.2) is 4.39 Å². The average molecular weight is 196 g/mol. The summed E-state index contributed by atoms with van der Waals surface area (Å²) < 4.78 is 18.3. The fraction of sp³-hybridized carbons (Fsp3) is 0.500. The van der Waals surface area contributed by atoms with Gasteiger partial charge in [-0.3, -0.25) is 0 Å². The first kappa shape index (κ1) is 11.0. The van der Waals surface area contributed by atoms with E-state index in [1.54, 1.807) is 19.2 Å². The lowest BCUT2D eigenvalue weighted by Gasteiger charge is -2.18. The van der Waals surface area contributed by atoms with Gasteiger partial charge in [0.25, 0.3) is 0 Å². The van der Waals surface area contributed by atoms with Crippen LogP contribution in [0.5, 0.6) is 5.75 Å². The van der Waals surface area contributed by atoms with Crippen molar-refractivity contribution >= 4 is 0 Å². The molecule has 0 aliphatic heterocycles. The van der Waals surface area contributed by atoms with E-state index >= 15 is 0 Å². The molecular weight excluding hydrogens is 179 g/mol. The van der Waals surface area contributed by atoms with Crippen molar-refractivity contribution in [1.82, 2.24) is 0 Å². The number of halogens is 1. The molecule has 0 saturated carbocycles. The molecule has 0 bridgehead atoms. The van der Waals surface area contributed by atoms with Crippen molar-refractivity contribution in [2.24, 2.45) is 5.92 Å². The Hall–Kier alpha value is -1.05. The third-order valence-corrected chi connectivity index (χ3v) is 2.68. The maximum absolute atomic E-state index is 13.1. The minimum Gasteiger partial charge on any atom is -0.496 e. The number of benzene rings is 1. The van der Waals surface area contributed by atoms with Gasteiger partial charge in [0.1, 0.15) is 11.6 Å². The quantitative estimate of drug-likeness (QED) is 0.717. The molecule has 0 aromatic heterocycles. The Labute approximate surface area is 84.9 Å². The molecule has 1 unspecified atom stereocenters. The van der Waals surface area contributed by atoms with Crippen LogP contribution in [0, 0.1) is 11.7 Å². The summed E-state index contributed by atoms with van der Waals surface area (Å²) in [4.78, 5) is 0. The zero-order valence-electron chi connectivity index (χ0n) is 9.17. The van der Waals surface area contributed by atoms with Crippen LogP contribution >= 0.6 is 0 Å². The second-order valence-electron chi connectivity index (χ2n) is 3.92. The Morgan fingerprint density at radius 2 is 1.86 bits per heavy atom. The summed E-state index contributed by atoms with van der Waals surface area (Å²) in [5, 5.41) is 0. The molecule has 2 heteroatoms. The molecule has 1 aromatic carbocycles. The minimum absolute atomic E-state index is 0.201. The van der Waals surface area contributed by atoms with Crippen LogP contribution in [-0.4, -0.2) is 7.11 Å². The molecule has 0 amide bonds.